The van der Waals surface area contributed by atoms with Gasteiger partial charge in [0.05, 0.1) is 16.7 Å². The fourth-order valence-corrected chi connectivity index (χ4v) is 3.06. The first-order valence-electron chi connectivity index (χ1n) is 5.69. The first-order chi connectivity index (χ1) is 8.25. The number of aromatic nitrogens is 2. The first-order valence-corrected chi connectivity index (χ1v) is 6.86. The molecule has 5 heteroatoms. The molecule has 2 heterocycles. The van der Waals surface area contributed by atoms with Crippen molar-refractivity contribution in [2.45, 2.75) is 25.5 Å². The SMILES string of the molecule is Clc1cc(Br)cc2c1cnn2C1CCCCO1. The van der Waals surface area contributed by atoms with Gasteiger partial charge in [0.2, 0.25) is 0 Å². The van der Waals surface area contributed by atoms with Crippen LogP contribution in [0.4, 0.5) is 0 Å². The summed E-state index contributed by atoms with van der Waals surface area (Å²) in [6.45, 7) is 0.813. The molecule has 3 rings (SSSR count). The van der Waals surface area contributed by atoms with Gasteiger partial charge in [-0.2, -0.15) is 5.10 Å². The molecule has 1 fully saturated rings. The second-order valence-electron chi connectivity index (χ2n) is 4.23. The van der Waals surface area contributed by atoms with Gasteiger partial charge in [0.1, 0.15) is 0 Å². The van der Waals surface area contributed by atoms with Crippen molar-refractivity contribution in [3.8, 4) is 0 Å². The van der Waals surface area contributed by atoms with Gasteiger partial charge in [0.25, 0.3) is 0 Å². The number of halogens is 2. The Hall–Kier alpha value is -0.580. The number of fused-ring (bicyclic) bond motifs is 1. The summed E-state index contributed by atoms with van der Waals surface area (Å²) < 4.78 is 8.65. The van der Waals surface area contributed by atoms with Gasteiger partial charge in [-0.05, 0) is 31.4 Å². The average Bonchev–Trinajstić information content (AvgIpc) is 2.74. The van der Waals surface area contributed by atoms with Crippen LogP contribution in [0.1, 0.15) is 25.5 Å². The molecule has 1 aliphatic heterocycles. The highest BCUT2D eigenvalue weighted by Crippen LogP contribution is 2.31. The van der Waals surface area contributed by atoms with Crippen molar-refractivity contribution in [3.63, 3.8) is 0 Å². The minimum absolute atomic E-state index is 0.0478. The van der Waals surface area contributed by atoms with E-state index in [9.17, 15) is 0 Å². The minimum Gasteiger partial charge on any atom is -0.356 e. The summed E-state index contributed by atoms with van der Waals surface area (Å²) >= 11 is 9.65. The van der Waals surface area contributed by atoms with Gasteiger partial charge in [-0.1, -0.05) is 27.5 Å². The van der Waals surface area contributed by atoms with Crippen LogP contribution in [0.2, 0.25) is 5.02 Å². The van der Waals surface area contributed by atoms with E-state index in [0.717, 1.165) is 39.8 Å². The van der Waals surface area contributed by atoms with E-state index in [-0.39, 0.29) is 6.23 Å². The average molecular weight is 316 g/mol. The molecule has 1 unspecified atom stereocenters. The molecular formula is C12H12BrClN2O. The van der Waals surface area contributed by atoms with E-state index in [4.69, 9.17) is 16.3 Å². The summed E-state index contributed by atoms with van der Waals surface area (Å²) in [6.07, 6.45) is 5.20. The zero-order chi connectivity index (χ0) is 11.8. The van der Waals surface area contributed by atoms with E-state index in [1.54, 1.807) is 0 Å². The van der Waals surface area contributed by atoms with Crippen molar-refractivity contribution in [2.24, 2.45) is 0 Å². The molecule has 1 aromatic heterocycles. The largest absolute Gasteiger partial charge is 0.356 e. The molecule has 1 atom stereocenters. The predicted octanol–water partition coefficient (Wildman–Crippen LogP) is 4.15. The van der Waals surface area contributed by atoms with E-state index in [2.05, 4.69) is 21.0 Å². The van der Waals surface area contributed by atoms with E-state index in [1.165, 1.54) is 6.42 Å². The third-order valence-electron chi connectivity index (χ3n) is 3.06. The zero-order valence-electron chi connectivity index (χ0n) is 9.20. The van der Waals surface area contributed by atoms with E-state index in [0.29, 0.717) is 0 Å². The number of hydrogen-bond acceptors (Lipinski definition) is 2. The highest BCUT2D eigenvalue weighted by molar-refractivity contribution is 9.10. The smallest absolute Gasteiger partial charge is 0.150 e. The number of ether oxygens (including phenoxy) is 1. The Labute approximate surface area is 113 Å². The number of nitrogens with zero attached hydrogens (tertiary/aromatic N) is 2. The second kappa shape index (κ2) is 4.59. The summed E-state index contributed by atoms with van der Waals surface area (Å²) in [6, 6.07) is 3.92. The molecule has 0 saturated carbocycles. The maximum Gasteiger partial charge on any atom is 0.150 e. The molecule has 0 aliphatic carbocycles. The van der Waals surface area contributed by atoms with Crippen molar-refractivity contribution in [3.05, 3.63) is 27.8 Å². The lowest BCUT2D eigenvalue weighted by Crippen LogP contribution is -2.18. The van der Waals surface area contributed by atoms with Crippen LogP contribution in [0.25, 0.3) is 10.9 Å². The molecule has 2 aromatic rings. The van der Waals surface area contributed by atoms with Crippen molar-refractivity contribution in [1.82, 2.24) is 9.78 Å². The summed E-state index contributed by atoms with van der Waals surface area (Å²) in [5, 5.41) is 6.10. The first kappa shape index (κ1) is 11.5. The third-order valence-corrected chi connectivity index (χ3v) is 3.83. The molecular weight excluding hydrogens is 304 g/mol. The Balaban J connectivity index is 2.10. The van der Waals surface area contributed by atoms with Crippen LogP contribution in [-0.2, 0) is 4.74 Å². The van der Waals surface area contributed by atoms with Crippen LogP contribution in [0.5, 0.6) is 0 Å². The molecule has 0 radical (unpaired) electrons. The van der Waals surface area contributed by atoms with Crippen molar-refractivity contribution >= 4 is 38.4 Å². The Bertz CT molecular complexity index is 549. The fraction of sp³-hybridized carbons (Fsp3) is 0.417. The molecule has 17 heavy (non-hydrogen) atoms. The molecule has 90 valence electrons. The molecule has 0 bridgehead atoms. The zero-order valence-corrected chi connectivity index (χ0v) is 11.5. The highest BCUT2D eigenvalue weighted by Gasteiger charge is 2.19. The molecule has 0 amide bonds. The van der Waals surface area contributed by atoms with Crippen LogP contribution in [0, 0.1) is 0 Å². The molecule has 1 saturated heterocycles. The molecule has 1 aromatic carbocycles. The predicted molar refractivity (Wildman–Crippen MR) is 71.3 cm³/mol. The standard InChI is InChI=1S/C12H12BrClN2O/c13-8-5-10(14)9-7-15-16(11(9)6-8)12-3-1-2-4-17-12/h5-7,12H,1-4H2. The number of rotatable bonds is 1. The lowest BCUT2D eigenvalue weighted by molar-refractivity contribution is -0.0366. The van der Waals surface area contributed by atoms with Gasteiger partial charge in [-0.15, -0.1) is 0 Å². The Morgan fingerprint density at radius 1 is 1.41 bits per heavy atom. The maximum atomic E-state index is 6.19. The molecule has 0 N–H and O–H groups in total. The van der Waals surface area contributed by atoms with Gasteiger partial charge >= 0.3 is 0 Å². The van der Waals surface area contributed by atoms with E-state index >= 15 is 0 Å². The fourth-order valence-electron chi connectivity index (χ4n) is 2.22. The lowest BCUT2D eigenvalue weighted by atomic mass is 10.2. The van der Waals surface area contributed by atoms with Crippen molar-refractivity contribution in [2.75, 3.05) is 6.61 Å². The van der Waals surface area contributed by atoms with Crippen LogP contribution in [0.15, 0.2) is 22.8 Å². The number of benzene rings is 1. The van der Waals surface area contributed by atoms with Gasteiger partial charge in [0, 0.05) is 16.5 Å². The normalized spacial score (nSPS) is 20.9. The monoisotopic (exact) mass is 314 g/mol. The van der Waals surface area contributed by atoms with Crippen LogP contribution in [0.3, 0.4) is 0 Å². The van der Waals surface area contributed by atoms with Crippen LogP contribution in [-0.4, -0.2) is 16.4 Å². The van der Waals surface area contributed by atoms with Crippen LogP contribution >= 0.6 is 27.5 Å². The lowest BCUT2D eigenvalue weighted by Gasteiger charge is -2.23. The van der Waals surface area contributed by atoms with Gasteiger partial charge in [-0.25, -0.2) is 4.68 Å². The Kier molecular flexibility index (Phi) is 3.11. The van der Waals surface area contributed by atoms with E-state index in [1.807, 2.05) is 23.0 Å². The topological polar surface area (TPSA) is 27.1 Å². The molecule has 3 nitrogen and oxygen atoms in total. The summed E-state index contributed by atoms with van der Waals surface area (Å²) in [5.74, 6) is 0. The van der Waals surface area contributed by atoms with Gasteiger partial charge in [-0.3, -0.25) is 0 Å². The summed E-state index contributed by atoms with van der Waals surface area (Å²) in [5.41, 5.74) is 1.02. The maximum absolute atomic E-state index is 6.19. The Morgan fingerprint density at radius 3 is 3.06 bits per heavy atom. The summed E-state index contributed by atoms with van der Waals surface area (Å²) in [7, 11) is 0. The van der Waals surface area contributed by atoms with Crippen molar-refractivity contribution < 1.29 is 4.74 Å². The summed E-state index contributed by atoms with van der Waals surface area (Å²) in [4.78, 5) is 0. The quantitative estimate of drug-likeness (QED) is 0.790. The molecule has 0 spiro atoms. The van der Waals surface area contributed by atoms with Crippen molar-refractivity contribution in [1.29, 1.82) is 0 Å². The third kappa shape index (κ3) is 2.09. The van der Waals surface area contributed by atoms with Gasteiger partial charge < -0.3 is 4.74 Å². The van der Waals surface area contributed by atoms with E-state index < -0.39 is 0 Å². The van der Waals surface area contributed by atoms with Gasteiger partial charge in [0.15, 0.2) is 6.23 Å². The molecule has 1 aliphatic rings. The second-order valence-corrected chi connectivity index (χ2v) is 5.55. The Morgan fingerprint density at radius 2 is 2.29 bits per heavy atom. The number of hydrogen-bond donors (Lipinski definition) is 0. The highest BCUT2D eigenvalue weighted by atomic mass is 79.9. The minimum atomic E-state index is 0.0478. The van der Waals surface area contributed by atoms with Crippen LogP contribution < -0.4 is 0 Å².